The van der Waals surface area contributed by atoms with E-state index in [1.807, 2.05) is 0 Å². The second kappa shape index (κ2) is 5.20. The fourth-order valence-electron chi connectivity index (χ4n) is 1.39. The summed E-state index contributed by atoms with van der Waals surface area (Å²) in [6, 6.07) is 7.71. The Kier molecular flexibility index (Phi) is 3.64. The number of carboxylic acids is 1. The van der Waals surface area contributed by atoms with Crippen LogP contribution in [-0.2, 0) is 0 Å². The van der Waals surface area contributed by atoms with Crippen molar-refractivity contribution in [1.82, 2.24) is 0 Å². The zero-order valence-corrected chi connectivity index (χ0v) is 10.6. The molecule has 0 aliphatic heterocycles. The Bertz CT molecular complexity index is 595. The molecule has 0 atom stereocenters. The molecule has 0 saturated heterocycles. The number of halogens is 1. The molecule has 0 fully saturated rings. The molecular weight excluding hydrogens is 274 g/mol. The number of anilines is 1. The number of hydrogen-bond donors (Lipinski definition) is 2. The van der Waals surface area contributed by atoms with E-state index in [-0.39, 0.29) is 17.2 Å². The minimum absolute atomic E-state index is 0.0348. The molecule has 1 aromatic carbocycles. The molecule has 0 radical (unpaired) electrons. The van der Waals surface area contributed by atoms with Crippen molar-refractivity contribution in [2.24, 2.45) is 0 Å². The van der Waals surface area contributed by atoms with E-state index in [0.29, 0.717) is 9.90 Å². The van der Waals surface area contributed by atoms with E-state index in [9.17, 15) is 9.59 Å². The van der Waals surface area contributed by atoms with Crippen LogP contribution in [0.25, 0.3) is 0 Å². The van der Waals surface area contributed by atoms with Gasteiger partial charge in [-0.2, -0.15) is 0 Å². The molecule has 0 saturated carbocycles. The minimum Gasteiger partial charge on any atom is -0.478 e. The van der Waals surface area contributed by atoms with Gasteiger partial charge in [-0.15, -0.1) is 11.3 Å². The lowest BCUT2D eigenvalue weighted by molar-refractivity contribution is 0.0698. The van der Waals surface area contributed by atoms with Crippen LogP contribution in [0.4, 0.5) is 5.69 Å². The van der Waals surface area contributed by atoms with E-state index in [4.69, 9.17) is 16.7 Å². The van der Waals surface area contributed by atoms with Gasteiger partial charge >= 0.3 is 5.97 Å². The summed E-state index contributed by atoms with van der Waals surface area (Å²) in [4.78, 5) is 23.4. The number of thiophene rings is 1. The normalized spacial score (nSPS) is 10.1. The first-order valence-corrected chi connectivity index (χ1v) is 6.21. The Balaban J connectivity index is 2.29. The molecule has 0 aliphatic rings. The molecule has 0 aliphatic carbocycles. The maximum atomic E-state index is 11.8. The van der Waals surface area contributed by atoms with Gasteiger partial charge in [0.1, 0.15) is 0 Å². The Morgan fingerprint density at radius 3 is 2.67 bits per heavy atom. The summed E-state index contributed by atoms with van der Waals surface area (Å²) in [6.07, 6.45) is 0. The summed E-state index contributed by atoms with van der Waals surface area (Å²) in [5.74, 6) is -1.48. The first-order valence-electron chi connectivity index (χ1n) is 4.95. The van der Waals surface area contributed by atoms with Gasteiger partial charge < -0.3 is 10.4 Å². The van der Waals surface area contributed by atoms with Crippen molar-refractivity contribution < 1.29 is 14.7 Å². The van der Waals surface area contributed by atoms with E-state index in [0.717, 1.165) is 0 Å². The van der Waals surface area contributed by atoms with Gasteiger partial charge in [-0.3, -0.25) is 4.79 Å². The minimum atomic E-state index is -1.14. The zero-order chi connectivity index (χ0) is 13.1. The Morgan fingerprint density at radius 2 is 2.06 bits per heavy atom. The summed E-state index contributed by atoms with van der Waals surface area (Å²) in [5, 5.41) is 13.7. The zero-order valence-electron chi connectivity index (χ0n) is 9.01. The first kappa shape index (κ1) is 12.6. The fourth-order valence-corrected chi connectivity index (χ4v) is 2.19. The van der Waals surface area contributed by atoms with Gasteiger partial charge in [0.15, 0.2) is 0 Å². The number of benzene rings is 1. The van der Waals surface area contributed by atoms with Crippen molar-refractivity contribution in [3.63, 3.8) is 0 Å². The smallest absolute Gasteiger partial charge is 0.337 e. The maximum Gasteiger partial charge on any atom is 0.337 e. The highest BCUT2D eigenvalue weighted by atomic mass is 35.5. The highest BCUT2D eigenvalue weighted by Gasteiger charge is 2.14. The Morgan fingerprint density at radius 1 is 1.28 bits per heavy atom. The van der Waals surface area contributed by atoms with Crippen LogP contribution in [0.15, 0.2) is 35.7 Å². The average molecular weight is 282 g/mol. The van der Waals surface area contributed by atoms with Crippen molar-refractivity contribution in [3.05, 3.63) is 51.2 Å². The molecule has 1 aromatic heterocycles. The highest BCUT2D eigenvalue weighted by Crippen LogP contribution is 2.22. The lowest BCUT2D eigenvalue weighted by Gasteiger charge is -2.07. The average Bonchev–Trinajstić information content (AvgIpc) is 2.84. The summed E-state index contributed by atoms with van der Waals surface area (Å²) >= 11 is 7.01. The number of carbonyl (C=O) groups is 2. The van der Waals surface area contributed by atoms with E-state index in [2.05, 4.69) is 5.32 Å². The maximum absolute atomic E-state index is 11.8. The van der Waals surface area contributed by atoms with Crippen molar-refractivity contribution in [3.8, 4) is 0 Å². The van der Waals surface area contributed by atoms with E-state index in [1.54, 1.807) is 17.5 Å². The molecule has 18 heavy (non-hydrogen) atoms. The van der Waals surface area contributed by atoms with Gasteiger partial charge in [0.2, 0.25) is 0 Å². The predicted octanol–water partition coefficient (Wildman–Crippen LogP) is 3.35. The lowest BCUT2D eigenvalue weighted by atomic mass is 10.2. The van der Waals surface area contributed by atoms with Gasteiger partial charge in [-0.1, -0.05) is 17.7 Å². The predicted molar refractivity (Wildman–Crippen MR) is 70.7 cm³/mol. The van der Waals surface area contributed by atoms with E-state index >= 15 is 0 Å². The number of rotatable bonds is 3. The third kappa shape index (κ3) is 2.69. The van der Waals surface area contributed by atoms with Gasteiger partial charge in [-0.25, -0.2) is 4.79 Å². The molecule has 4 nitrogen and oxygen atoms in total. The van der Waals surface area contributed by atoms with Crippen LogP contribution in [0.2, 0.25) is 5.02 Å². The van der Waals surface area contributed by atoms with Crippen LogP contribution < -0.4 is 5.32 Å². The number of carbonyl (C=O) groups excluding carboxylic acids is 1. The number of nitrogens with one attached hydrogen (secondary N) is 1. The molecule has 6 heteroatoms. The number of carboxylic acid groups (broad SMARTS) is 1. The molecule has 1 heterocycles. The summed E-state index contributed by atoms with van der Waals surface area (Å²) in [6.45, 7) is 0. The monoisotopic (exact) mass is 281 g/mol. The summed E-state index contributed by atoms with van der Waals surface area (Å²) < 4.78 is 0. The third-order valence-corrected chi connectivity index (χ3v) is 3.31. The quantitative estimate of drug-likeness (QED) is 0.906. The fraction of sp³-hybridized carbons (Fsp3) is 0. The second-order valence-electron chi connectivity index (χ2n) is 3.43. The van der Waals surface area contributed by atoms with Gasteiger partial charge in [0, 0.05) is 5.02 Å². The van der Waals surface area contributed by atoms with Crippen LogP contribution in [0.5, 0.6) is 0 Å². The van der Waals surface area contributed by atoms with Gasteiger partial charge in [0.05, 0.1) is 16.1 Å². The van der Waals surface area contributed by atoms with Crippen molar-refractivity contribution in [2.45, 2.75) is 0 Å². The van der Waals surface area contributed by atoms with Crippen molar-refractivity contribution >= 4 is 40.5 Å². The molecule has 92 valence electrons. The van der Waals surface area contributed by atoms with E-state index in [1.165, 1.54) is 29.5 Å². The molecular formula is C12H8ClNO3S. The molecule has 2 rings (SSSR count). The van der Waals surface area contributed by atoms with Gasteiger partial charge in [-0.05, 0) is 29.6 Å². The third-order valence-electron chi connectivity index (χ3n) is 2.21. The van der Waals surface area contributed by atoms with E-state index < -0.39 is 5.97 Å². The van der Waals surface area contributed by atoms with Crippen LogP contribution >= 0.6 is 22.9 Å². The largest absolute Gasteiger partial charge is 0.478 e. The van der Waals surface area contributed by atoms with Crippen molar-refractivity contribution in [2.75, 3.05) is 5.32 Å². The molecule has 0 unspecified atom stereocenters. The number of amides is 1. The van der Waals surface area contributed by atoms with Gasteiger partial charge in [0.25, 0.3) is 5.91 Å². The lowest BCUT2D eigenvalue weighted by Crippen LogP contribution is -2.13. The topological polar surface area (TPSA) is 66.4 Å². The van der Waals surface area contributed by atoms with Crippen LogP contribution in [0.1, 0.15) is 20.0 Å². The molecule has 2 aromatic rings. The number of hydrogen-bond acceptors (Lipinski definition) is 3. The van der Waals surface area contributed by atoms with Crippen LogP contribution in [0, 0.1) is 0 Å². The number of aromatic carboxylic acids is 1. The standard InChI is InChI=1S/C12H8ClNO3S/c13-7-3-4-9(8(6-7)12(16)17)14-11(15)10-2-1-5-18-10/h1-6H,(H,14,15)(H,16,17). The summed E-state index contributed by atoms with van der Waals surface area (Å²) in [7, 11) is 0. The first-order chi connectivity index (χ1) is 8.58. The highest BCUT2D eigenvalue weighted by molar-refractivity contribution is 7.12. The molecule has 1 amide bonds. The Labute approximate surface area is 112 Å². The molecule has 2 N–H and O–H groups in total. The summed E-state index contributed by atoms with van der Waals surface area (Å²) in [5.41, 5.74) is 0.192. The molecule has 0 bridgehead atoms. The van der Waals surface area contributed by atoms with Crippen LogP contribution in [-0.4, -0.2) is 17.0 Å². The van der Waals surface area contributed by atoms with Crippen molar-refractivity contribution in [1.29, 1.82) is 0 Å². The SMILES string of the molecule is O=C(Nc1ccc(Cl)cc1C(=O)O)c1cccs1. The van der Waals surface area contributed by atoms with Crippen LogP contribution in [0.3, 0.4) is 0 Å². The molecule has 0 spiro atoms. The second-order valence-corrected chi connectivity index (χ2v) is 4.81. The Hall–Kier alpha value is -1.85.